The highest BCUT2D eigenvalue weighted by Crippen LogP contribution is 2.24. The Morgan fingerprint density at radius 3 is 2.53 bits per heavy atom. The third-order valence-electron chi connectivity index (χ3n) is 2.68. The molecule has 2 nitrogen and oxygen atoms in total. The molecular formula is C11H13FN2S. The van der Waals surface area contributed by atoms with E-state index >= 15 is 0 Å². The number of halogens is 1. The molecule has 1 aromatic carbocycles. The van der Waals surface area contributed by atoms with Crippen LogP contribution in [0, 0.1) is 5.82 Å². The van der Waals surface area contributed by atoms with Gasteiger partial charge in [-0.25, -0.2) is 4.39 Å². The molecule has 1 heterocycles. The maximum absolute atomic E-state index is 13.7. The molecule has 2 N–H and O–H groups in total. The van der Waals surface area contributed by atoms with Crippen molar-refractivity contribution in [2.75, 3.05) is 18.0 Å². The Bertz CT molecular complexity index is 386. The molecule has 1 saturated heterocycles. The van der Waals surface area contributed by atoms with Crippen LogP contribution in [-0.4, -0.2) is 18.1 Å². The molecule has 0 atom stereocenters. The fourth-order valence-electron chi connectivity index (χ4n) is 1.87. The van der Waals surface area contributed by atoms with Gasteiger partial charge >= 0.3 is 0 Å². The predicted molar refractivity (Wildman–Crippen MR) is 63.7 cm³/mol. The summed E-state index contributed by atoms with van der Waals surface area (Å²) in [5.41, 5.74) is 6.69. The van der Waals surface area contributed by atoms with Crippen LogP contribution in [0.2, 0.25) is 0 Å². The van der Waals surface area contributed by atoms with Crippen molar-refractivity contribution in [2.45, 2.75) is 12.8 Å². The van der Waals surface area contributed by atoms with Crippen LogP contribution in [0.15, 0.2) is 18.2 Å². The number of nitrogens with zero attached hydrogens (tertiary/aromatic N) is 1. The molecule has 1 aromatic rings. The highest BCUT2D eigenvalue weighted by Gasteiger charge is 2.16. The van der Waals surface area contributed by atoms with Crippen molar-refractivity contribution in [3.05, 3.63) is 29.6 Å². The first-order chi connectivity index (χ1) is 7.18. The van der Waals surface area contributed by atoms with E-state index in [1.54, 1.807) is 12.1 Å². The summed E-state index contributed by atoms with van der Waals surface area (Å²) in [6.07, 6.45) is 2.27. The molecule has 4 heteroatoms. The summed E-state index contributed by atoms with van der Waals surface area (Å²) in [6.45, 7) is 1.87. The van der Waals surface area contributed by atoms with Gasteiger partial charge in [0.15, 0.2) is 0 Å². The lowest BCUT2D eigenvalue weighted by molar-refractivity contribution is 0.623. The minimum atomic E-state index is -0.234. The van der Waals surface area contributed by atoms with E-state index in [1.165, 1.54) is 6.07 Å². The van der Waals surface area contributed by atoms with Gasteiger partial charge in [-0.05, 0) is 31.0 Å². The van der Waals surface area contributed by atoms with Gasteiger partial charge in [-0.2, -0.15) is 0 Å². The van der Waals surface area contributed by atoms with Crippen LogP contribution >= 0.6 is 12.2 Å². The van der Waals surface area contributed by atoms with E-state index in [4.69, 9.17) is 18.0 Å². The highest BCUT2D eigenvalue weighted by molar-refractivity contribution is 7.80. The molecular weight excluding hydrogens is 211 g/mol. The largest absolute Gasteiger partial charge is 0.389 e. The van der Waals surface area contributed by atoms with Gasteiger partial charge in [0.05, 0.1) is 5.69 Å². The van der Waals surface area contributed by atoms with Crippen LogP contribution in [0.4, 0.5) is 10.1 Å². The molecule has 0 radical (unpaired) electrons. The SMILES string of the molecule is NC(=S)c1ccc(N2CCCC2)c(F)c1. The lowest BCUT2D eigenvalue weighted by Gasteiger charge is -2.18. The summed E-state index contributed by atoms with van der Waals surface area (Å²) in [4.78, 5) is 2.29. The molecule has 80 valence electrons. The van der Waals surface area contributed by atoms with E-state index in [0.717, 1.165) is 25.9 Å². The van der Waals surface area contributed by atoms with E-state index in [9.17, 15) is 4.39 Å². The van der Waals surface area contributed by atoms with E-state index in [2.05, 4.69) is 4.90 Å². The first kappa shape index (κ1) is 10.4. The summed E-state index contributed by atoms with van der Waals surface area (Å²) in [7, 11) is 0. The third-order valence-corrected chi connectivity index (χ3v) is 2.91. The maximum Gasteiger partial charge on any atom is 0.147 e. The smallest absolute Gasteiger partial charge is 0.147 e. The van der Waals surface area contributed by atoms with Crippen molar-refractivity contribution in [3.63, 3.8) is 0 Å². The van der Waals surface area contributed by atoms with Crippen LogP contribution < -0.4 is 10.6 Å². The summed E-state index contributed by atoms with van der Waals surface area (Å²) in [5, 5.41) is 0. The standard InChI is InChI=1S/C11H13FN2S/c12-9-7-8(11(13)15)3-4-10(9)14-5-1-2-6-14/h3-4,7H,1-2,5-6H2,(H2,13,15). The zero-order valence-electron chi connectivity index (χ0n) is 8.37. The van der Waals surface area contributed by atoms with Crippen molar-refractivity contribution in [1.29, 1.82) is 0 Å². The molecule has 0 amide bonds. The van der Waals surface area contributed by atoms with Crippen molar-refractivity contribution >= 4 is 22.9 Å². The fourth-order valence-corrected chi connectivity index (χ4v) is 2.00. The van der Waals surface area contributed by atoms with Gasteiger partial charge in [-0.3, -0.25) is 0 Å². The van der Waals surface area contributed by atoms with Gasteiger partial charge in [0.25, 0.3) is 0 Å². The number of benzene rings is 1. The van der Waals surface area contributed by atoms with Crippen LogP contribution in [0.1, 0.15) is 18.4 Å². The van der Waals surface area contributed by atoms with Gasteiger partial charge in [0.2, 0.25) is 0 Å². The Balaban J connectivity index is 2.29. The topological polar surface area (TPSA) is 29.3 Å². The Kier molecular flexibility index (Phi) is 2.86. The van der Waals surface area contributed by atoms with Crippen LogP contribution in [0.5, 0.6) is 0 Å². The lowest BCUT2D eigenvalue weighted by atomic mass is 10.2. The molecule has 0 aliphatic carbocycles. The van der Waals surface area contributed by atoms with Gasteiger partial charge in [0, 0.05) is 18.7 Å². The first-order valence-corrected chi connectivity index (χ1v) is 5.43. The Labute approximate surface area is 93.9 Å². The second-order valence-corrected chi connectivity index (χ2v) is 4.16. The molecule has 0 aromatic heterocycles. The zero-order valence-corrected chi connectivity index (χ0v) is 9.19. The van der Waals surface area contributed by atoms with Crippen LogP contribution in [0.3, 0.4) is 0 Å². The highest BCUT2D eigenvalue weighted by atomic mass is 32.1. The summed E-state index contributed by atoms with van der Waals surface area (Å²) in [5.74, 6) is -0.234. The number of nitrogens with two attached hydrogens (primary N) is 1. The maximum atomic E-state index is 13.7. The zero-order chi connectivity index (χ0) is 10.8. The van der Waals surface area contributed by atoms with E-state index in [0.29, 0.717) is 11.3 Å². The molecule has 1 aliphatic heterocycles. The third kappa shape index (κ3) is 2.09. The minimum Gasteiger partial charge on any atom is -0.389 e. The minimum absolute atomic E-state index is 0.234. The number of anilines is 1. The first-order valence-electron chi connectivity index (χ1n) is 5.03. The molecule has 2 rings (SSSR count). The Hall–Kier alpha value is -1.16. The molecule has 1 fully saturated rings. The second kappa shape index (κ2) is 4.14. The summed E-state index contributed by atoms with van der Waals surface area (Å²) >= 11 is 4.80. The van der Waals surface area contributed by atoms with Crippen molar-refractivity contribution in [3.8, 4) is 0 Å². The molecule has 0 spiro atoms. The van der Waals surface area contributed by atoms with E-state index < -0.39 is 0 Å². The Morgan fingerprint density at radius 1 is 1.33 bits per heavy atom. The average Bonchev–Trinajstić information content (AvgIpc) is 2.70. The lowest BCUT2D eigenvalue weighted by Crippen LogP contribution is -2.19. The number of hydrogen-bond donors (Lipinski definition) is 1. The van der Waals surface area contributed by atoms with Gasteiger partial charge in [0.1, 0.15) is 10.8 Å². The monoisotopic (exact) mass is 224 g/mol. The van der Waals surface area contributed by atoms with Crippen LogP contribution in [0.25, 0.3) is 0 Å². The predicted octanol–water partition coefficient (Wildman–Crippen LogP) is 2.06. The second-order valence-electron chi connectivity index (χ2n) is 3.72. The normalized spacial score (nSPS) is 15.7. The molecule has 0 bridgehead atoms. The van der Waals surface area contributed by atoms with Crippen molar-refractivity contribution in [2.24, 2.45) is 5.73 Å². The Morgan fingerprint density at radius 2 is 2.00 bits per heavy atom. The molecule has 0 saturated carbocycles. The van der Waals surface area contributed by atoms with Gasteiger partial charge in [-0.1, -0.05) is 12.2 Å². The van der Waals surface area contributed by atoms with E-state index in [-0.39, 0.29) is 10.8 Å². The number of thiocarbonyl (C=S) groups is 1. The summed E-state index contributed by atoms with van der Waals surface area (Å²) < 4.78 is 13.7. The van der Waals surface area contributed by atoms with Gasteiger partial charge < -0.3 is 10.6 Å². The number of hydrogen-bond acceptors (Lipinski definition) is 2. The number of rotatable bonds is 2. The van der Waals surface area contributed by atoms with E-state index in [1.807, 2.05) is 0 Å². The van der Waals surface area contributed by atoms with Gasteiger partial charge in [-0.15, -0.1) is 0 Å². The quantitative estimate of drug-likeness (QED) is 0.780. The van der Waals surface area contributed by atoms with Crippen molar-refractivity contribution in [1.82, 2.24) is 0 Å². The average molecular weight is 224 g/mol. The molecule has 15 heavy (non-hydrogen) atoms. The molecule has 1 aliphatic rings. The van der Waals surface area contributed by atoms with Crippen LogP contribution in [-0.2, 0) is 0 Å². The fraction of sp³-hybridized carbons (Fsp3) is 0.364. The van der Waals surface area contributed by atoms with Crippen molar-refractivity contribution < 1.29 is 4.39 Å². The molecule has 0 unspecified atom stereocenters. The summed E-state index contributed by atoms with van der Waals surface area (Å²) in [6, 6.07) is 4.95.